The topological polar surface area (TPSA) is 93.1 Å². The van der Waals surface area contributed by atoms with Gasteiger partial charge in [0.25, 0.3) is 0 Å². The summed E-state index contributed by atoms with van der Waals surface area (Å²) in [5.41, 5.74) is 0.957. The lowest BCUT2D eigenvalue weighted by atomic mass is 9.93. The van der Waals surface area contributed by atoms with E-state index in [2.05, 4.69) is 0 Å². The van der Waals surface area contributed by atoms with E-state index in [0.29, 0.717) is 12.8 Å². The molecule has 2 aromatic carbocycles. The smallest absolute Gasteiger partial charge is 0.342 e. The number of fused-ring (bicyclic) bond motifs is 6. The number of esters is 1. The van der Waals surface area contributed by atoms with Gasteiger partial charge in [-0.25, -0.2) is 4.79 Å². The molecule has 150 valence electrons. The second-order valence-electron chi connectivity index (χ2n) is 7.44. The van der Waals surface area contributed by atoms with E-state index >= 15 is 0 Å². The third kappa shape index (κ3) is 4.32. The Bertz CT molecular complexity index is 943. The zero-order valence-corrected chi connectivity index (χ0v) is 15.8. The van der Waals surface area contributed by atoms with Crippen molar-refractivity contribution in [2.45, 2.75) is 44.0 Å². The highest BCUT2D eigenvalue weighted by Gasteiger charge is 2.34. The number of carbonyl (C=O) groups is 2. The van der Waals surface area contributed by atoms with E-state index in [0.717, 1.165) is 18.1 Å². The van der Waals surface area contributed by atoms with Crippen molar-refractivity contribution in [1.82, 2.24) is 0 Å². The lowest BCUT2D eigenvalue weighted by Gasteiger charge is -2.37. The SMILES string of the molecule is O=C1/C=C/CC2CC(C[C@@H](c3ccccc3)OC(=O)c3c(O)cc(O)cc3C1)O2. The molecule has 2 N–H and O–H groups in total. The molecule has 3 heterocycles. The molecule has 6 nitrogen and oxygen atoms in total. The van der Waals surface area contributed by atoms with Crippen LogP contribution in [0.3, 0.4) is 0 Å². The molecule has 0 radical (unpaired) electrons. The molecule has 0 amide bonds. The maximum absolute atomic E-state index is 13.0. The van der Waals surface area contributed by atoms with Crippen LogP contribution in [0.4, 0.5) is 0 Å². The number of benzene rings is 2. The Labute approximate surface area is 168 Å². The molecule has 3 atom stereocenters. The van der Waals surface area contributed by atoms with Gasteiger partial charge in [0.1, 0.15) is 23.2 Å². The summed E-state index contributed by atoms with van der Waals surface area (Å²) in [5.74, 6) is -1.62. The Hall–Kier alpha value is -3.12. The first-order chi connectivity index (χ1) is 14.0. The molecule has 1 fully saturated rings. The van der Waals surface area contributed by atoms with Crippen molar-refractivity contribution in [3.8, 4) is 11.5 Å². The fourth-order valence-electron chi connectivity index (χ4n) is 3.85. The Kier molecular flexibility index (Phi) is 5.36. The fourth-order valence-corrected chi connectivity index (χ4v) is 3.85. The van der Waals surface area contributed by atoms with Crippen LogP contribution in [0, 0.1) is 0 Å². The van der Waals surface area contributed by atoms with Crippen LogP contribution in [-0.4, -0.2) is 34.2 Å². The van der Waals surface area contributed by atoms with Crippen LogP contribution in [0.1, 0.15) is 46.9 Å². The third-order valence-electron chi connectivity index (χ3n) is 5.26. The minimum atomic E-state index is -0.740. The predicted molar refractivity (Wildman–Crippen MR) is 105 cm³/mol. The number of allylic oxidation sites excluding steroid dienone is 1. The van der Waals surface area contributed by atoms with Crippen LogP contribution < -0.4 is 0 Å². The van der Waals surface area contributed by atoms with Crippen molar-refractivity contribution in [3.05, 3.63) is 71.3 Å². The summed E-state index contributed by atoms with van der Waals surface area (Å²) < 4.78 is 11.6. The summed E-state index contributed by atoms with van der Waals surface area (Å²) in [6, 6.07) is 11.7. The lowest BCUT2D eigenvalue weighted by molar-refractivity contribution is -0.137. The summed E-state index contributed by atoms with van der Waals surface area (Å²) >= 11 is 0. The van der Waals surface area contributed by atoms with E-state index in [-0.39, 0.29) is 41.3 Å². The molecular formula is C23H22O6. The van der Waals surface area contributed by atoms with Crippen LogP contribution in [0.2, 0.25) is 0 Å². The highest BCUT2D eigenvalue weighted by atomic mass is 16.6. The van der Waals surface area contributed by atoms with Crippen molar-refractivity contribution in [2.24, 2.45) is 0 Å². The molecule has 0 aliphatic carbocycles. The quantitative estimate of drug-likeness (QED) is 0.718. The molecule has 2 unspecified atom stereocenters. The zero-order valence-electron chi connectivity index (χ0n) is 15.8. The second-order valence-corrected chi connectivity index (χ2v) is 7.44. The zero-order chi connectivity index (χ0) is 20.4. The van der Waals surface area contributed by atoms with Crippen LogP contribution in [0.15, 0.2) is 54.6 Å². The molecule has 6 heteroatoms. The van der Waals surface area contributed by atoms with Crippen molar-refractivity contribution < 1.29 is 29.3 Å². The Balaban J connectivity index is 1.71. The minimum absolute atomic E-state index is 0.0436. The van der Waals surface area contributed by atoms with Crippen LogP contribution in [-0.2, 0) is 20.7 Å². The normalized spacial score (nSPS) is 25.9. The third-order valence-corrected chi connectivity index (χ3v) is 5.26. The second kappa shape index (κ2) is 8.09. The summed E-state index contributed by atoms with van der Waals surface area (Å²) in [4.78, 5) is 25.3. The molecule has 1 saturated heterocycles. The molecule has 3 aliphatic heterocycles. The van der Waals surface area contributed by atoms with Crippen molar-refractivity contribution in [2.75, 3.05) is 0 Å². The van der Waals surface area contributed by atoms with Crippen molar-refractivity contribution in [1.29, 1.82) is 0 Å². The lowest BCUT2D eigenvalue weighted by Crippen LogP contribution is -2.38. The highest BCUT2D eigenvalue weighted by molar-refractivity contribution is 5.98. The largest absolute Gasteiger partial charge is 0.508 e. The van der Waals surface area contributed by atoms with Crippen molar-refractivity contribution in [3.63, 3.8) is 0 Å². The van der Waals surface area contributed by atoms with Gasteiger partial charge in [-0.05, 0) is 29.7 Å². The van der Waals surface area contributed by atoms with Gasteiger partial charge in [-0.1, -0.05) is 36.4 Å². The Morgan fingerprint density at radius 1 is 0.966 bits per heavy atom. The van der Waals surface area contributed by atoms with Gasteiger partial charge >= 0.3 is 5.97 Å². The monoisotopic (exact) mass is 394 g/mol. The summed E-state index contributed by atoms with van der Waals surface area (Å²) in [6.45, 7) is 0. The number of phenolic OH excluding ortho intramolecular Hbond substituents is 2. The minimum Gasteiger partial charge on any atom is -0.508 e. The fraction of sp³-hybridized carbons (Fsp3) is 0.304. The van der Waals surface area contributed by atoms with Gasteiger partial charge in [0.2, 0.25) is 0 Å². The van der Waals surface area contributed by atoms with E-state index in [9.17, 15) is 19.8 Å². The first-order valence-corrected chi connectivity index (χ1v) is 9.65. The molecule has 0 aromatic heterocycles. The van der Waals surface area contributed by atoms with E-state index in [1.807, 2.05) is 30.3 Å². The summed E-state index contributed by atoms with van der Waals surface area (Å²) in [6.07, 6.45) is 4.51. The molecule has 2 aromatic rings. The number of aromatic hydroxyl groups is 2. The van der Waals surface area contributed by atoms with Gasteiger partial charge in [-0.15, -0.1) is 0 Å². The number of ketones is 1. The van der Waals surface area contributed by atoms with E-state index in [1.165, 1.54) is 12.1 Å². The van der Waals surface area contributed by atoms with Gasteiger partial charge in [-0.3, -0.25) is 4.79 Å². The van der Waals surface area contributed by atoms with Crippen LogP contribution >= 0.6 is 0 Å². The van der Waals surface area contributed by atoms with E-state index in [4.69, 9.17) is 9.47 Å². The summed E-state index contributed by atoms with van der Waals surface area (Å²) in [5, 5.41) is 20.1. The van der Waals surface area contributed by atoms with E-state index in [1.54, 1.807) is 6.08 Å². The molecular weight excluding hydrogens is 372 g/mol. The van der Waals surface area contributed by atoms with Crippen molar-refractivity contribution >= 4 is 11.8 Å². The molecule has 5 rings (SSSR count). The van der Waals surface area contributed by atoms with Gasteiger partial charge in [0.15, 0.2) is 5.78 Å². The maximum atomic E-state index is 13.0. The Morgan fingerprint density at radius 2 is 1.72 bits per heavy atom. The van der Waals surface area contributed by atoms with Gasteiger partial charge in [0, 0.05) is 25.3 Å². The first-order valence-electron chi connectivity index (χ1n) is 9.65. The average Bonchev–Trinajstić information content (AvgIpc) is 2.64. The molecule has 2 bridgehead atoms. The van der Waals surface area contributed by atoms with Crippen LogP contribution in [0.5, 0.6) is 11.5 Å². The number of hydrogen-bond donors (Lipinski definition) is 2. The number of phenols is 2. The number of hydrogen-bond acceptors (Lipinski definition) is 6. The molecule has 0 saturated carbocycles. The molecule has 3 aliphatic rings. The molecule has 29 heavy (non-hydrogen) atoms. The Morgan fingerprint density at radius 3 is 2.48 bits per heavy atom. The standard InChI is InChI=1S/C23H22O6/c24-16-7-4-8-18-12-19(28-18)13-21(14-5-2-1-3-6-14)29-23(27)22-15(9-16)10-17(25)11-20(22)26/h1-7,10-11,18-19,21,25-26H,8-9,12-13H2/b7-4+/t18?,19?,21-/m0/s1. The predicted octanol–water partition coefficient (Wildman–Crippen LogP) is 3.62. The molecule has 0 spiro atoms. The van der Waals surface area contributed by atoms with Crippen LogP contribution in [0.25, 0.3) is 0 Å². The number of carbonyl (C=O) groups excluding carboxylic acids is 2. The van der Waals surface area contributed by atoms with Gasteiger partial charge in [-0.2, -0.15) is 0 Å². The first kappa shape index (κ1) is 19.2. The van der Waals surface area contributed by atoms with Gasteiger partial charge < -0.3 is 19.7 Å². The highest BCUT2D eigenvalue weighted by Crippen LogP contribution is 2.36. The number of rotatable bonds is 1. The maximum Gasteiger partial charge on any atom is 0.342 e. The average molecular weight is 394 g/mol. The van der Waals surface area contributed by atoms with E-state index < -0.39 is 17.8 Å². The van der Waals surface area contributed by atoms with Gasteiger partial charge in [0.05, 0.1) is 12.2 Å². The summed E-state index contributed by atoms with van der Waals surface area (Å²) in [7, 11) is 0. The number of ether oxygens (including phenoxy) is 2.